The quantitative estimate of drug-likeness (QED) is 0.903. The average Bonchev–Trinajstić information content (AvgIpc) is 2.84. The number of nitrogens with one attached hydrogen (secondary N) is 1. The molecule has 3 rings (SSSR count). The number of hydrogen-bond donors (Lipinski definition) is 2. The van der Waals surface area contributed by atoms with Gasteiger partial charge in [0.2, 0.25) is 0 Å². The second-order valence-corrected chi connectivity index (χ2v) is 6.12. The van der Waals surface area contributed by atoms with Crippen LogP contribution in [0.1, 0.15) is 18.9 Å². The Balaban J connectivity index is 1.95. The first-order valence-electron chi connectivity index (χ1n) is 6.89. The minimum atomic E-state index is -0.910. The molecular formula is C15H20N2OS. The number of benzene rings is 1. The molecule has 0 radical (unpaired) electrons. The van der Waals surface area contributed by atoms with Gasteiger partial charge in [-0.15, -0.1) is 11.3 Å². The lowest BCUT2D eigenvalue weighted by Gasteiger charge is -2.40. The van der Waals surface area contributed by atoms with Crippen LogP contribution in [0.4, 0.5) is 0 Å². The molecule has 1 fully saturated rings. The molecule has 0 amide bonds. The Morgan fingerprint density at radius 1 is 1.42 bits per heavy atom. The summed E-state index contributed by atoms with van der Waals surface area (Å²) in [5.74, 6) is 0. The molecule has 102 valence electrons. The van der Waals surface area contributed by atoms with Crippen molar-refractivity contribution in [1.29, 1.82) is 0 Å². The summed E-state index contributed by atoms with van der Waals surface area (Å²) in [6, 6.07) is 8.29. The van der Waals surface area contributed by atoms with Gasteiger partial charge in [0.1, 0.15) is 0 Å². The van der Waals surface area contributed by atoms with Crippen LogP contribution < -0.4 is 5.32 Å². The molecule has 3 nitrogen and oxygen atoms in total. The second-order valence-electron chi connectivity index (χ2n) is 5.21. The summed E-state index contributed by atoms with van der Waals surface area (Å²) in [4.78, 5) is 2.34. The van der Waals surface area contributed by atoms with Crippen LogP contribution in [0.5, 0.6) is 0 Å². The lowest BCUT2D eigenvalue weighted by atomic mass is 9.99. The number of piperazine rings is 1. The maximum atomic E-state index is 11.0. The van der Waals surface area contributed by atoms with Gasteiger partial charge < -0.3 is 5.11 Å². The van der Waals surface area contributed by atoms with Crippen molar-refractivity contribution in [3.63, 3.8) is 0 Å². The van der Waals surface area contributed by atoms with Crippen LogP contribution in [-0.2, 0) is 5.72 Å². The highest BCUT2D eigenvalue weighted by Crippen LogP contribution is 2.33. The van der Waals surface area contributed by atoms with E-state index in [1.807, 2.05) is 12.1 Å². The lowest BCUT2D eigenvalue weighted by molar-refractivity contribution is -0.0536. The van der Waals surface area contributed by atoms with Gasteiger partial charge in [-0.05, 0) is 29.8 Å². The molecule has 2 N–H and O–H groups in total. The minimum absolute atomic E-state index is 0.668. The molecule has 0 saturated carbocycles. The van der Waals surface area contributed by atoms with E-state index < -0.39 is 5.72 Å². The van der Waals surface area contributed by atoms with Crippen molar-refractivity contribution in [3.05, 3.63) is 35.2 Å². The first-order valence-corrected chi connectivity index (χ1v) is 7.77. The highest BCUT2D eigenvalue weighted by Gasteiger charge is 2.36. The average molecular weight is 276 g/mol. The Hall–Kier alpha value is -0.940. The summed E-state index contributed by atoms with van der Waals surface area (Å²) in [6.45, 7) is 5.74. The number of rotatable bonds is 3. The molecule has 2 heterocycles. The predicted octanol–water partition coefficient (Wildman–Crippen LogP) is 2.36. The number of fused-ring (bicyclic) bond motifs is 1. The smallest absolute Gasteiger partial charge is 0.156 e. The highest BCUT2D eigenvalue weighted by atomic mass is 32.1. The normalized spacial score (nSPS) is 24.9. The van der Waals surface area contributed by atoms with Crippen LogP contribution in [0, 0.1) is 0 Å². The van der Waals surface area contributed by atoms with Gasteiger partial charge in [-0.1, -0.05) is 25.1 Å². The summed E-state index contributed by atoms with van der Waals surface area (Å²) in [7, 11) is 0. The summed E-state index contributed by atoms with van der Waals surface area (Å²) < 4.78 is 1.24. The summed E-state index contributed by atoms with van der Waals surface area (Å²) in [6.07, 6.45) is 1.13. The lowest BCUT2D eigenvalue weighted by Crippen LogP contribution is -2.58. The number of nitrogens with zero attached hydrogens (tertiary/aromatic N) is 1. The predicted molar refractivity (Wildman–Crippen MR) is 80.5 cm³/mol. The molecule has 1 aliphatic heterocycles. The van der Waals surface area contributed by atoms with E-state index in [0.717, 1.165) is 31.6 Å². The molecule has 0 spiro atoms. The molecule has 0 aliphatic carbocycles. The topological polar surface area (TPSA) is 35.5 Å². The third-order valence-electron chi connectivity index (χ3n) is 3.76. The molecule has 1 aliphatic rings. The van der Waals surface area contributed by atoms with E-state index >= 15 is 0 Å². The number of hydrogen-bond acceptors (Lipinski definition) is 4. The molecule has 1 atom stereocenters. The van der Waals surface area contributed by atoms with Crippen LogP contribution in [0.15, 0.2) is 29.6 Å². The van der Waals surface area contributed by atoms with E-state index in [0.29, 0.717) is 6.54 Å². The highest BCUT2D eigenvalue weighted by molar-refractivity contribution is 7.17. The molecule has 4 heteroatoms. The Bertz CT molecular complexity index is 566. The van der Waals surface area contributed by atoms with Gasteiger partial charge in [-0.3, -0.25) is 10.2 Å². The zero-order valence-corrected chi connectivity index (χ0v) is 12.0. The van der Waals surface area contributed by atoms with Gasteiger partial charge in [0, 0.05) is 29.9 Å². The van der Waals surface area contributed by atoms with Gasteiger partial charge >= 0.3 is 0 Å². The van der Waals surface area contributed by atoms with Crippen LogP contribution in [0.25, 0.3) is 10.1 Å². The second kappa shape index (κ2) is 5.21. The number of β-amino-alcohol motifs (C(OH)–C–C–N with tert-alkyl or cyclic N) is 1. The van der Waals surface area contributed by atoms with E-state index in [2.05, 4.69) is 34.7 Å². The van der Waals surface area contributed by atoms with E-state index in [1.165, 1.54) is 10.1 Å². The zero-order valence-electron chi connectivity index (χ0n) is 11.2. The van der Waals surface area contributed by atoms with Crippen LogP contribution in [0.3, 0.4) is 0 Å². The van der Waals surface area contributed by atoms with Crippen LogP contribution in [0.2, 0.25) is 0 Å². The Kier molecular flexibility index (Phi) is 3.58. The fourth-order valence-electron chi connectivity index (χ4n) is 2.86. The van der Waals surface area contributed by atoms with Gasteiger partial charge in [0.25, 0.3) is 0 Å². The molecule has 2 aromatic rings. The van der Waals surface area contributed by atoms with Crippen molar-refractivity contribution >= 4 is 21.4 Å². The molecule has 19 heavy (non-hydrogen) atoms. The van der Waals surface area contributed by atoms with Gasteiger partial charge in [0.05, 0.1) is 0 Å². The number of thiophene rings is 1. The van der Waals surface area contributed by atoms with Crippen molar-refractivity contribution in [2.24, 2.45) is 0 Å². The minimum Gasteiger partial charge on any atom is -0.370 e. The molecule has 1 aromatic heterocycles. The third-order valence-corrected chi connectivity index (χ3v) is 4.73. The maximum absolute atomic E-state index is 11.0. The van der Waals surface area contributed by atoms with Crippen LogP contribution >= 0.6 is 11.3 Å². The van der Waals surface area contributed by atoms with E-state index in [-0.39, 0.29) is 0 Å². The fraction of sp³-hybridized carbons (Fsp3) is 0.467. The van der Waals surface area contributed by atoms with E-state index in [1.54, 1.807) is 11.3 Å². The van der Waals surface area contributed by atoms with Gasteiger partial charge in [0.15, 0.2) is 5.72 Å². The van der Waals surface area contributed by atoms with Crippen molar-refractivity contribution in [1.82, 2.24) is 10.2 Å². The molecular weight excluding hydrogens is 256 g/mol. The maximum Gasteiger partial charge on any atom is 0.156 e. The molecule has 1 unspecified atom stereocenters. The largest absolute Gasteiger partial charge is 0.370 e. The van der Waals surface area contributed by atoms with Crippen molar-refractivity contribution < 1.29 is 5.11 Å². The standard InChI is InChI=1S/C15H20N2OS/c1-2-8-17-9-7-16-15(18,11-17)13-10-19-14-6-4-3-5-12(13)14/h3-6,10,16,18H,2,7-9,11H2,1H3. The summed E-state index contributed by atoms with van der Waals surface area (Å²) >= 11 is 1.70. The Labute approximate surface area is 117 Å². The van der Waals surface area contributed by atoms with E-state index in [9.17, 15) is 5.11 Å². The van der Waals surface area contributed by atoms with Crippen molar-refractivity contribution in [3.8, 4) is 0 Å². The third kappa shape index (κ3) is 2.41. The molecule has 1 saturated heterocycles. The van der Waals surface area contributed by atoms with Crippen LogP contribution in [-0.4, -0.2) is 36.2 Å². The Morgan fingerprint density at radius 3 is 3.11 bits per heavy atom. The zero-order chi connectivity index (χ0) is 13.3. The summed E-state index contributed by atoms with van der Waals surface area (Å²) in [5, 5.41) is 17.5. The van der Waals surface area contributed by atoms with Crippen molar-refractivity contribution in [2.45, 2.75) is 19.1 Å². The van der Waals surface area contributed by atoms with Gasteiger partial charge in [-0.25, -0.2) is 0 Å². The first-order chi connectivity index (χ1) is 9.23. The van der Waals surface area contributed by atoms with Gasteiger partial charge in [-0.2, -0.15) is 0 Å². The summed E-state index contributed by atoms with van der Waals surface area (Å²) in [5.41, 5.74) is 0.112. The fourth-order valence-corrected chi connectivity index (χ4v) is 3.89. The SMILES string of the molecule is CCCN1CCNC(O)(c2csc3ccccc23)C1. The molecule has 1 aromatic carbocycles. The van der Waals surface area contributed by atoms with E-state index in [4.69, 9.17) is 0 Å². The Morgan fingerprint density at radius 2 is 2.26 bits per heavy atom. The molecule has 0 bridgehead atoms. The first kappa shape index (κ1) is 13.1. The van der Waals surface area contributed by atoms with Crippen molar-refractivity contribution in [2.75, 3.05) is 26.2 Å². The monoisotopic (exact) mass is 276 g/mol. The number of aliphatic hydroxyl groups is 1.